The molecule has 0 unspecified atom stereocenters. The summed E-state index contributed by atoms with van der Waals surface area (Å²) in [4.78, 5) is 12.4. The molecule has 1 aliphatic rings. The SMILES string of the molecule is CCS(=O)(=O)N1CC(CNc2cnn(Cc3ccccc3)c(=O)c2Cl)C1. The fourth-order valence-corrected chi connectivity index (χ4v) is 4.23. The summed E-state index contributed by atoms with van der Waals surface area (Å²) in [6.07, 6.45) is 1.53. The first-order valence-electron chi connectivity index (χ1n) is 8.42. The zero-order valence-electron chi connectivity index (χ0n) is 14.4. The number of benzene rings is 1. The Bertz CT molecular complexity index is 925. The minimum absolute atomic E-state index is 0.0910. The lowest BCUT2D eigenvalue weighted by Gasteiger charge is -2.38. The van der Waals surface area contributed by atoms with Gasteiger partial charge in [-0.05, 0) is 12.5 Å². The minimum atomic E-state index is -3.11. The van der Waals surface area contributed by atoms with Crippen LogP contribution >= 0.6 is 11.6 Å². The van der Waals surface area contributed by atoms with Gasteiger partial charge in [-0.1, -0.05) is 41.9 Å². The molecule has 0 atom stereocenters. The van der Waals surface area contributed by atoms with E-state index in [4.69, 9.17) is 11.6 Å². The Morgan fingerprint density at radius 3 is 2.62 bits per heavy atom. The third-order valence-electron chi connectivity index (χ3n) is 4.42. The summed E-state index contributed by atoms with van der Waals surface area (Å²) in [5.74, 6) is 0.307. The first kappa shape index (κ1) is 18.9. The zero-order valence-corrected chi connectivity index (χ0v) is 16.0. The third kappa shape index (κ3) is 4.08. The van der Waals surface area contributed by atoms with Gasteiger partial charge in [0.25, 0.3) is 5.56 Å². The number of anilines is 1. The molecule has 0 radical (unpaired) electrons. The van der Waals surface area contributed by atoms with Crippen LogP contribution in [0.5, 0.6) is 0 Å². The van der Waals surface area contributed by atoms with Crippen LogP contribution in [-0.4, -0.2) is 47.9 Å². The molecule has 2 aromatic rings. The Morgan fingerprint density at radius 2 is 1.96 bits per heavy atom. The number of halogens is 1. The standard InChI is InChI=1S/C17H21ClN4O3S/c1-2-26(24,25)21-10-14(11-21)8-19-15-9-20-22(17(23)16(15)18)12-13-6-4-3-5-7-13/h3-7,9,14,19H,2,8,10-12H2,1H3. The quantitative estimate of drug-likeness (QED) is 0.769. The Balaban J connectivity index is 1.60. The van der Waals surface area contributed by atoms with Gasteiger partial charge in [0.2, 0.25) is 10.0 Å². The number of aromatic nitrogens is 2. The average molecular weight is 397 g/mol. The number of hydrogen-bond acceptors (Lipinski definition) is 5. The van der Waals surface area contributed by atoms with Gasteiger partial charge in [-0.2, -0.15) is 5.10 Å². The van der Waals surface area contributed by atoms with Crippen molar-refractivity contribution in [2.45, 2.75) is 13.5 Å². The molecular formula is C17H21ClN4O3S. The first-order chi connectivity index (χ1) is 12.4. The second kappa shape index (κ2) is 7.77. The van der Waals surface area contributed by atoms with Crippen LogP contribution in [-0.2, 0) is 16.6 Å². The number of nitrogens with one attached hydrogen (secondary N) is 1. The fourth-order valence-electron chi connectivity index (χ4n) is 2.77. The highest BCUT2D eigenvalue weighted by atomic mass is 35.5. The molecule has 140 valence electrons. The molecule has 1 N–H and O–H groups in total. The summed E-state index contributed by atoms with van der Waals surface area (Å²) in [7, 11) is -3.11. The van der Waals surface area contributed by atoms with Crippen molar-refractivity contribution in [3.8, 4) is 0 Å². The highest BCUT2D eigenvalue weighted by molar-refractivity contribution is 7.89. The lowest BCUT2D eigenvalue weighted by molar-refractivity contribution is 0.212. The van der Waals surface area contributed by atoms with Gasteiger partial charge in [0.1, 0.15) is 5.02 Å². The highest BCUT2D eigenvalue weighted by Gasteiger charge is 2.34. The first-order valence-corrected chi connectivity index (χ1v) is 10.4. The summed E-state index contributed by atoms with van der Waals surface area (Å²) in [5.41, 5.74) is 1.08. The molecule has 7 nitrogen and oxygen atoms in total. The molecule has 0 aliphatic carbocycles. The molecule has 9 heteroatoms. The van der Waals surface area contributed by atoms with Crippen LogP contribution in [0.1, 0.15) is 12.5 Å². The number of sulfonamides is 1. The molecule has 0 bridgehead atoms. The Morgan fingerprint density at radius 1 is 1.27 bits per heavy atom. The lowest BCUT2D eigenvalue weighted by atomic mass is 10.0. The molecule has 26 heavy (non-hydrogen) atoms. The lowest BCUT2D eigenvalue weighted by Crippen LogP contribution is -2.52. The van der Waals surface area contributed by atoms with Gasteiger partial charge in [-0.3, -0.25) is 4.79 Å². The fraction of sp³-hybridized carbons (Fsp3) is 0.412. The summed E-state index contributed by atoms with van der Waals surface area (Å²) >= 11 is 6.19. The van der Waals surface area contributed by atoms with Gasteiger partial charge in [0, 0.05) is 25.6 Å². The average Bonchev–Trinajstić information content (AvgIpc) is 2.60. The topological polar surface area (TPSA) is 84.3 Å². The predicted molar refractivity (Wildman–Crippen MR) is 102 cm³/mol. The van der Waals surface area contributed by atoms with Crippen molar-refractivity contribution in [1.82, 2.24) is 14.1 Å². The van der Waals surface area contributed by atoms with E-state index in [1.54, 1.807) is 6.92 Å². The van der Waals surface area contributed by atoms with Crippen molar-refractivity contribution < 1.29 is 8.42 Å². The van der Waals surface area contributed by atoms with Crippen LogP contribution in [0.2, 0.25) is 5.02 Å². The van der Waals surface area contributed by atoms with Gasteiger partial charge in [0.15, 0.2) is 0 Å². The van der Waals surface area contributed by atoms with E-state index in [1.165, 1.54) is 15.2 Å². The number of rotatable bonds is 7. The van der Waals surface area contributed by atoms with Crippen LogP contribution < -0.4 is 10.9 Å². The maximum atomic E-state index is 12.4. The number of hydrogen-bond donors (Lipinski definition) is 1. The molecule has 2 heterocycles. The summed E-state index contributed by atoms with van der Waals surface area (Å²) in [5, 5.41) is 7.37. The molecule has 0 spiro atoms. The van der Waals surface area contributed by atoms with Crippen LogP contribution in [0.4, 0.5) is 5.69 Å². The van der Waals surface area contributed by atoms with E-state index in [2.05, 4.69) is 10.4 Å². The monoisotopic (exact) mass is 396 g/mol. The summed E-state index contributed by atoms with van der Waals surface area (Å²) < 4.78 is 26.2. The third-order valence-corrected chi connectivity index (χ3v) is 6.60. The van der Waals surface area contributed by atoms with Crippen molar-refractivity contribution in [3.05, 3.63) is 57.5 Å². The predicted octanol–water partition coefficient (Wildman–Crippen LogP) is 1.64. The van der Waals surface area contributed by atoms with Gasteiger partial charge < -0.3 is 5.32 Å². The molecule has 1 aliphatic heterocycles. The van der Waals surface area contributed by atoms with Crippen molar-refractivity contribution >= 4 is 27.3 Å². The molecule has 1 saturated heterocycles. The van der Waals surface area contributed by atoms with Crippen LogP contribution in [0.3, 0.4) is 0 Å². The van der Waals surface area contributed by atoms with Crippen LogP contribution in [0.25, 0.3) is 0 Å². The Labute approximate surface area is 157 Å². The van der Waals surface area contributed by atoms with Crippen LogP contribution in [0.15, 0.2) is 41.3 Å². The van der Waals surface area contributed by atoms with E-state index >= 15 is 0 Å². The normalized spacial score (nSPS) is 15.6. The van der Waals surface area contributed by atoms with Gasteiger partial charge in [-0.25, -0.2) is 17.4 Å². The van der Waals surface area contributed by atoms with Gasteiger partial charge >= 0.3 is 0 Å². The Hall–Kier alpha value is -1.90. The maximum Gasteiger partial charge on any atom is 0.287 e. The minimum Gasteiger partial charge on any atom is -0.382 e. The number of nitrogens with zero attached hydrogens (tertiary/aromatic N) is 3. The van der Waals surface area contributed by atoms with E-state index < -0.39 is 10.0 Å². The summed E-state index contributed by atoms with van der Waals surface area (Å²) in [6, 6.07) is 9.55. The van der Waals surface area contributed by atoms with Crippen molar-refractivity contribution in [3.63, 3.8) is 0 Å². The van der Waals surface area contributed by atoms with Crippen molar-refractivity contribution in [2.75, 3.05) is 30.7 Å². The van der Waals surface area contributed by atoms with E-state index in [-0.39, 0.29) is 22.3 Å². The van der Waals surface area contributed by atoms with Gasteiger partial charge in [-0.15, -0.1) is 0 Å². The van der Waals surface area contributed by atoms with E-state index in [9.17, 15) is 13.2 Å². The zero-order chi connectivity index (χ0) is 18.7. The molecule has 1 aromatic carbocycles. The van der Waals surface area contributed by atoms with E-state index in [0.29, 0.717) is 31.9 Å². The highest BCUT2D eigenvalue weighted by Crippen LogP contribution is 2.22. The second-order valence-electron chi connectivity index (χ2n) is 6.29. The molecular weight excluding hydrogens is 376 g/mol. The van der Waals surface area contributed by atoms with E-state index in [0.717, 1.165) is 5.56 Å². The second-order valence-corrected chi connectivity index (χ2v) is 8.92. The van der Waals surface area contributed by atoms with Gasteiger partial charge in [0.05, 0.1) is 24.2 Å². The maximum absolute atomic E-state index is 12.4. The smallest absolute Gasteiger partial charge is 0.287 e. The molecule has 0 amide bonds. The van der Waals surface area contributed by atoms with Crippen molar-refractivity contribution in [2.24, 2.45) is 5.92 Å². The van der Waals surface area contributed by atoms with Crippen molar-refractivity contribution in [1.29, 1.82) is 0 Å². The van der Waals surface area contributed by atoms with Crippen LogP contribution in [0, 0.1) is 5.92 Å². The molecule has 0 saturated carbocycles. The Kier molecular flexibility index (Phi) is 5.64. The summed E-state index contributed by atoms with van der Waals surface area (Å²) in [6.45, 7) is 3.50. The molecule has 1 aromatic heterocycles. The molecule has 1 fully saturated rings. The molecule has 3 rings (SSSR count). The van der Waals surface area contributed by atoms with E-state index in [1.807, 2.05) is 30.3 Å². The largest absolute Gasteiger partial charge is 0.382 e.